The Balaban J connectivity index is 2.84. The van der Waals surface area contributed by atoms with E-state index in [9.17, 15) is 4.79 Å². The Hall–Kier alpha value is -1.34. The molecule has 0 unspecified atom stereocenters. The first kappa shape index (κ1) is 13.7. The molecule has 0 bridgehead atoms. The largest absolute Gasteiger partial charge is 0.382 e. The zero-order valence-corrected chi connectivity index (χ0v) is 10.9. The smallest absolute Gasteiger partial charge is 0.255 e. The molecule has 1 rings (SSSR count). The fourth-order valence-electron chi connectivity index (χ4n) is 1.46. The summed E-state index contributed by atoms with van der Waals surface area (Å²) in [5.74, 6) is -0.339. The van der Waals surface area contributed by atoms with Crippen molar-refractivity contribution in [2.75, 3.05) is 36.9 Å². The normalized spacial score (nSPS) is 10.5. The van der Waals surface area contributed by atoms with Crippen LogP contribution in [0.1, 0.15) is 24.2 Å². The number of amides is 1. The van der Waals surface area contributed by atoms with Crippen molar-refractivity contribution in [3.63, 3.8) is 0 Å². The number of nitrogens with two attached hydrogens (primary N) is 2. The van der Waals surface area contributed by atoms with Crippen molar-refractivity contribution in [3.05, 3.63) is 5.56 Å². The number of anilines is 2. The lowest BCUT2D eigenvalue weighted by molar-refractivity contribution is 0.100. The van der Waals surface area contributed by atoms with Crippen molar-refractivity contribution >= 4 is 28.3 Å². The van der Waals surface area contributed by atoms with E-state index < -0.39 is 5.91 Å². The van der Waals surface area contributed by atoms with Crippen LogP contribution in [-0.4, -0.2) is 36.6 Å². The van der Waals surface area contributed by atoms with Gasteiger partial charge in [-0.1, -0.05) is 0 Å². The maximum absolute atomic E-state index is 11.3. The van der Waals surface area contributed by atoms with Gasteiger partial charge >= 0.3 is 0 Å². The summed E-state index contributed by atoms with van der Waals surface area (Å²) in [6, 6.07) is 0. The minimum atomic E-state index is -0.541. The van der Waals surface area contributed by atoms with Gasteiger partial charge < -0.3 is 21.1 Å². The zero-order chi connectivity index (χ0) is 12.8. The van der Waals surface area contributed by atoms with E-state index in [4.69, 9.17) is 16.2 Å². The minimum absolute atomic E-state index is 0.201. The van der Waals surface area contributed by atoms with Crippen molar-refractivity contribution in [1.29, 1.82) is 0 Å². The Kier molecular flexibility index (Phi) is 5.17. The molecular formula is C10H18N4O2S. The molecule has 1 amide bonds. The van der Waals surface area contributed by atoms with Crippen LogP contribution in [-0.2, 0) is 4.74 Å². The van der Waals surface area contributed by atoms with Gasteiger partial charge in [0.25, 0.3) is 5.91 Å². The van der Waals surface area contributed by atoms with Crippen LogP contribution in [0.5, 0.6) is 0 Å². The maximum atomic E-state index is 11.3. The highest BCUT2D eigenvalue weighted by Gasteiger charge is 2.20. The predicted molar refractivity (Wildman–Crippen MR) is 69.4 cm³/mol. The molecule has 0 spiro atoms. The molecule has 0 aliphatic carbocycles. The number of nitrogen functional groups attached to an aromatic ring is 1. The SMILES string of the molecule is CCOCCN(CC)c1snc(N)c1C(N)=O. The van der Waals surface area contributed by atoms with Gasteiger partial charge in [0.05, 0.1) is 6.61 Å². The summed E-state index contributed by atoms with van der Waals surface area (Å²) in [5, 5.41) is 0.720. The van der Waals surface area contributed by atoms with Crippen molar-refractivity contribution < 1.29 is 9.53 Å². The van der Waals surface area contributed by atoms with Crippen molar-refractivity contribution in [2.24, 2.45) is 5.73 Å². The molecule has 6 nitrogen and oxygen atoms in total. The van der Waals surface area contributed by atoms with E-state index in [0.717, 1.165) is 11.5 Å². The summed E-state index contributed by atoms with van der Waals surface area (Å²) in [7, 11) is 0. The number of hydrogen-bond acceptors (Lipinski definition) is 6. The predicted octanol–water partition coefficient (Wildman–Crippen LogP) is 0.687. The number of likely N-dealkylation sites (N-methyl/N-ethyl adjacent to an activating group) is 1. The van der Waals surface area contributed by atoms with Gasteiger partial charge in [-0.2, -0.15) is 4.37 Å². The molecule has 0 saturated heterocycles. The van der Waals surface area contributed by atoms with E-state index in [1.165, 1.54) is 11.5 Å². The number of primary amides is 1. The van der Waals surface area contributed by atoms with Crippen LogP contribution < -0.4 is 16.4 Å². The second-order valence-electron chi connectivity index (χ2n) is 3.39. The van der Waals surface area contributed by atoms with Gasteiger partial charge in [0.1, 0.15) is 10.6 Å². The average molecular weight is 258 g/mol. The molecule has 0 atom stereocenters. The fourth-order valence-corrected chi connectivity index (χ4v) is 2.37. The van der Waals surface area contributed by atoms with E-state index in [-0.39, 0.29) is 5.82 Å². The van der Waals surface area contributed by atoms with Gasteiger partial charge in [0.15, 0.2) is 5.82 Å². The van der Waals surface area contributed by atoms with Crippen molar-refractivity contribution in [3.8, 4) is 0 Å². The molecule has 0 aromatic carbocycles. The first-order chi connectivity index (χ1) is 8.11. The average Bonchev–Trinajstić information content (AvgIpc) is 2.66. The van der Waals surface area contributed by atoms with Gasteiger partial charge in [0, 0.05) is 19.7 Å². The summed E-state index contributed by atoms with van der Waals surface area (Å²) in [6.07, 6.45) is 0. The molecule has 1 aromatic heterocycles. The molecular weight excluding hydrogens is 240 g/mol. The molecule has 0 aliphatic heterocycles. The Morgan fingerprint density at radius 3 is 2.76 bits per heavy atom. The second kappa shape index (κ2) is 6.41. The second-order valence-corrected chi connectivity index (χ2v) is 4.14. The number of rotatable bonds is 7. The molecule has 4 N–H and O–H groups in total. The van der Waals surface area contributed by atoms with E-state index in [1.807, 2.05) is 18.7 Å². The van der Waals surface area contributed by atoms with Crippen LogP contribution in [0.4, 0.5) is 10.8 Å². The van der Waals surface area contributed by atoms with Crippen LogP contribution in [0.15, 0.2) is 0 Å². The molecule has 1 aromatic rings. The summed E-state index contributed by atoms with van der Waals surface area (Å²) < 4.78 is 9.26. The highest BCUT2D eigenvalue weighted by atomic mass is 32.1. The van der Waals surface area contributed by atoms with Gasteiger partial charge in [-0.25, -0.2) is 0 Å². The minimum Gasteiger partial charge on any atom is -0.382 e. The van der Waals surface area contributed by atoms with Gasteiger partial charge in [0.2, 0.25) is 0 Å². The molecule has 0 aliphatic rings. The number of carbonyl (C=O) groups is 1. The van der Waals surface area contributed by atoms with Crippen LogP contribution in [0, 0.1) is 0 Å². The summed E-state index contributed by atoms with van der Waals surface area (Å²) >= 11 is 1.19. The third-order valence-electron chi connectivity index (χ3n) is 2.33. The highest BCUT2D eigenvalue weighted by Crippen LogP contribution is 2.29. The molecule has 17 heavy (non-hydrogen) atoms. The lowest BCUT2D eigenvalue weighted by atomic mass is 10.3. The first-order valence-electron chi connectivity index (χ1n) is 5.49. The van der Waals surface area contributed by atoms with Crippen LogP contribution in [0.25, 0.3) is 0 Å². The molecule has 0 radical (unpaired) electrons. The first-order valence-corrected chi connectivity index (χ1v) is 6.26. The summed E-state index contributed by atoms with van der Waals surface area (Å²) in [4.78, 5) is 13.3. The highest BCUT2D eigenvalue weighted by molar-refractivity contribution is 7.11. The van der Waals surface area contributed by atoms with Crippen LogP contribution in [0.3, 0.4) is 0 Å². The third-order valence-corrected chi connectivity index (χ3v) is 3.25. The van der Waals surface area contributed by atoms with Crippen LogP contribution >= 0.6 is 11.5 Å². The number of aromatic nitrogens is 1. The zero-order valence-electron chi connectivity index (χ0n) is 10.1. The molecule has 96 valence electrons. The van der Waals surface area contributed by atoms with E-state index in [0.29, 0.717) is 25.3 Å². The summed E-state index contributed by atoms with van der Waals surface area (Å²) in [5.41, 5.74) is 11.2. The van der Waals surface area contributed by atoms with Gasteiger partial charge in [-0.15, -0.1) is 0 Å². The number of carbonyl (C=O) groups excluding carboxylic acids is 1. The lowest BCUT2D eigenvalue weighted by Crippen LogP contribution is -2.28. The number of nitrogens with zero attached hydrogens (tertiary/aromatic N) is 2. The fraction of sp³-hybridized carbons (Fsp3) is 0.600. The Bertz CT molecular complexity index is 380. The maximum Gasteiger partial charge on any atom is 0.255 e. The van der Waals surface area contributed by atoms with Crippen molar-refractivity contribution in [1.82, 2.24) is 4.37 Å². The third kappa shape index (κ3) is 3.31. The monoisotopic (exact) mass is 258 g/mol. The number of hydrogen-bond donors (Lipinski definition) is 2. The van der Waals surface area contributed by atoms with Crippen molar-refractivity contribution in [2.45, 2.75) is 13.8 Å². The van der Waals surface area contributed by atoms with Crippen LogP contribution in [0.2, 0.25) is 0 Å². The van der Waals surface area contributed by atoms with E-state index in [1.54, 1.807) is 0 Å². The Labute approximate surface area is 105 Å². The topological polar surface area (TPSA) is 94.5 Å². The number of ether oxygens (including phenoxy) is 1. The standard InChI is InChI=1S/C10H18N4O2S/c1-3-14(5-6-16-4-2)10-7(9(12)15)8(11)13-17-10/h3-6H2,1-2H3,(H2,11,13)(H2,12,15). The van der Waals surface area contributed by atoms with Gasteiger partial charge in [-0.3, -0.25) is 4.79 Å². The molecule has 0 saturated carbocycles. The summed E-state index contributed by atoms with van der Waals surface area (Å²) in [6.45, 7) is 6.63. The van der Waals surface area contributed by atoms with E-state index in [2.05, 4.69) is 4.37 Å². The van der Waals surface area contributed by atoms with Gasteiger partial charge in [-0.05, 0) is 25.4 Å². The quantitative estimate of drug-likeness (QED) is 0.702. The Morgan fingerprint density at radius 1 is 1.53 bits per heavy atom. The lowest BCUT2D eigenvalue weighted by Gasteiger charge is -2.21. The molecule has 7 heteroatoms. The molecule has 0 fully saturated rings. The van der Waals surface area contributed by atoms with E-state index >= 15 is 0 Å². The molecule has 1 heterocycles. The Morgan fingerprint density at radius 2 is 2.24 bits per heavy atom.